The summed E-state index contributed by atoms with van der Waals surface area (Å²) in [7, 11) is 3.93. The molecule has 0 unspecified atom stereocenters. The fourth-order valence-electron chi connectivity index (χ4n) is 2.02. The lowest BCUT2D eigenvalue weighted by Crippen LogP contribution is -2.41. The Morgan fingerprint density at radius 3 is 2.33 bits per heavy atom. The van der Waals surface area contributed by atoms with Crippen molar-refractivity contribution < 1.29 is 9.90 Å². The molecule has 1 rings (SSSR count). The van der Waals surface area contributed by atoms with Crippen LogP contribution in [0.15, 0.2) is 0 Å². The summed E-state index contributed by atoms with van der Waals surface area (Å²) in [6, 6.07) is 0.247. The number of hydrogen-bond donors (Lipinski definition) is 1. The van der Waals surface area contributed by atoms with Crippen molar-refractivity contribution in [2.24, 2.45) is 5.92 Å². The minimum Gasteiger partial charge on any atom is -0.481 e. The quantitative estimate of drug-likeness (QED) is 0.678. The molecule has 1 saturated carbocycles. The van der Waals surface area contributed by atoms with Gasteiger partial charge in [0, 0.05) is 6.04 Å². The zero-order chi connectivity index (χ0) is 9.14. The van der Waals surface area contributed by atoms with Gasteiger partial charge in [0.15, 0.2) is 0 Å². The van der Waals surface area contributed by atoms with E-state index in [1.807, 2.05) is 19.0 Å². The van der Waals surface area contributed by atoms with Crippen molar-refractivity contribution in [1.82, 2.24) is 4.90 Å². The van der Waals surface area contributed by atoms with Gasteiger partial charge in [-0.1, -0.05) is 12.8 Å². The van der Waals surface area contributed by atoms with Crippen LogP contribution in [0.4, 0.5) is 0 Å². The summed E-state index contributed by atoms with van der Waals surface area (Å²) in [4.78, 5) is 12.9. The van der Waals surface area contributed by atoms with E-state index in [0.717, 1.165) is 19.3 Å². The first-order valence-corrected chi connectivity index (χ1v) is 4.52. The molecule has 3 heteroatoms. The highest BCUT2D eigenvalue weighted by Crippen LogP contribution is 2.27. The summed E-state index contributed by atoms with van der Waals surface area (Å²) in [6.07, 6.45) is 4.12. The van der Waals surface area contributed by atoms with Gasteiger partial charge in [0.2, 0.25) is 0 Å². The van der Waals surface area contributed by atoms with E-state index >= 15 is 0 Å². The molecule has 0 aromatic rings. The van der Waals surface area contributed by atoms with Crippen molar-refractivity contribution >= 4 is 5.97 Å². The number of rotatable bonds is 2. The smallest absolute Gasteiger partial charge is 0.308 e. The van der Waals surface area contributed by atoms with Crippen molar-refractivity contribution in [2.45, 2.75) is 31.7 Å². The number of carboxylic acids is 1. The third kappa shape index (κ3) is 1.97. The first kappa shape index (κ1) is 9.52. The Bertz CT molecular complexity index is 168. The molecule has 12 heavy (non-hydrogen) atoms. The fraction of sp³-hybridized carbons (Fsp3) is 0.889. The van der Waals surface area contributed by atoms with E-state index < -0.39 is 5.97 Å². The number of nitrogens with zero attached hydrogens (tertiary/aromatic N) is 1. The van der Waals surface area contributed by atoms with Crippen molar-refractivity contribution in [3.63, 3.8) is 0 Å². The van der Waals surface area contributed by atoms with Gasteiger partial charge in [0.05, 0.1) is 5.92 Å². The second-order valence-corrected chi connectivity index (χ2v) is 3.76. The van der Waals surface area contributed by atoms with Crippen LogP contribution in [0.1, 0.15) is 25.7 Å². The number of carbonyl (C=O) groups is 1. The molecule has 0 aliphatic heterocycles. The van der Waals surface area contributed by atoms with E-state index in [0.29, 0.717) is 0 Å². The Morgan fingerprint density at radius 2 is 1.92 bits per heavy atom. The molecular formula is C9H17NO2. The van der Waals surface area contributed by atoms with Crippen LogP contribution in [-0.2, 0) is 4.79 Å². The van der Waals surface area contributed by atoms with Crippen LogP contribution in [0.25, 0.3) is 0 Å². The van der Waals surface area contributed by atoms with Gasteiger partial charge in [-0.3, -0.25) is 4.79 Å². The molecule has 3 nitrogen and oxygen atoms in total. The van der Waals surface area contributed by atoms with E-state index in [1.165, 1.54) is 6.42 Å². The fourth-order valence-corrected chi connectivity index (χ4v) is 2.02. The van der Waals surface area contributed by atoms with Crippen LogP contribution in [0.3, 0.4) is 0 Å². The van der Waals surface area contributed by atoms with Crippen LogP contribution >= 0.6 is 0 Å². The summed E-state index contributed by atoms with van der Waals surface area (Å²) >= 11 is 0. The van der Waals surface area contributed by atoms with Crippen LogP contribution in [0.5, 0.6) is 0 Å². The summed E-state index contributed by atoms with van der Waals surface area (Å²) in [5, 5.41) is 8.93. The molecule has 0 aromatic carbocycles. The third-order valence-corrected chi connectivity index (χ3v) is 2.71. The largest absolute Gasteiger partial charge is 0.481 e. The lowest BCUT2D eigenvalue weighted by molar-refractivity contribution is -0.145. The highest BCUT2D eigenvalue weighted by atomic mass is 16.4. The molecule has 0 radical (unpaired) electrons. The molecule has 0 saturated heterocycles. The van der Waals surface area contributed by atoms with Gasteiger partial charge in [-0.2, -0.15) is 0 Å². The second kappa shape index (κ2) is 3.90. The zero-order valence-corrected chi connectivity index (χ0v) is 7.79. The standard InChI is InChI=1S/C9H17NO2/c1-10(2)8-6-4-3-5-7(8)9(11)12/h7-8H,3-6H2,1-2H3,(H,11,12)/t7-,8+/m0/s1. The van der Waals surface area contributed by atoms with Gasteiger partial charge in [-0.15, -0.1) is 0 Å². The van der Waals surface area contributed by atoms with Crippen molar-refractivity contribution in [3.8, 4) is 0 Å². The van der Waals surface area contributed by atoms with Gasteiger partial charge in [0.25, 0.3) is 0 Å². The van der Waals surface area contributed by atoms with Crippen LogP contribution in [0, 0.1) is 5.92 Å². The van der Waals surface area contributed by atoms with Gasteiger partial charge in [-0.25, -0.2) is 0 Å². The Morgan fingerprint density at radius 1 is 1.33 bits per heavy atom. The Balaban J connectivity index is 2.60. The Hall–Kier alpha value is -0.570. The lowest BCUT2D eigenvalue weighted by Gasteiger charge is -2.33. The highest BCUT2D eigenvalue weighted by molar-refractivity contribution is 5.71. The molecule has 1 N–H and O–H groups in total. The maximum atomic E-state index is 10.8. The molecule has 1 fully saturated rings. The van der Waals surface area contributed by atoms with Crippen LogP contribution in [0.2, 0.25) is 0 Å². The SMILES string of the molecule is CN(C)[C@@H]1CCCC[C@@H]1C(=O)O. The average Bonchev–Trinajstić information content (AvgIpc) is 2.04. The second-order valence-electron chi connectivity index (χ2n) is 3.76. The predicted molar refractivity (Wildman–Crippen MR) is 47.1 cm³/mol. The molecule has 1 aliphatic rings. The summed E-state index contributed by atoms with van der Waals surface area (Å²) in [5.41, 5.74) is 0. The summed E-state index contributed by atoms with van der Waals surface area (Å²) < 4.78 is 0. The van der Waals surface area contributed by atoms with E-state index in [2.05, 4.69) is 0 Å². The van der Waals surface area contributed by atoms with Gasteiger partial charge < -0.3 is 10.0 Å². The monoisotopic (exact) mass is 171 g/mol. The topological polar surface area (TPSA) is 40.5 Å². The highest BCUT2D eigenvalue weighted by Gasteiger charge is 2.31. The number of carboxylic acid groups (broad SMARTS) is 1. The Labute approximate surface area is 73.4 Å². The molecule has 0 spiro atoms. The van der Waals surface area contributed by atoms with Crippen LogP contribution in [-0.4, -0.2) is 36.1 Å². The van der Waals surface area contributed by atoms with Crippen molar-refractivity contribution in [1.29, 1.82) is 0 Å². The minimum atomic E-state index is -0.631. The number of aliphatic carboxylic acids is 1. The Kier molecular flexibility index (Phi) is 3.09. The number of hydrogen-bond acceptors (Lipinski definition) is 2. The van der Waals surface area contributed by atoms with Gasteiger partial charge in [0.1, 0.15) is 0 Å². The molecular weight excluding hydrogens is 154 g/mol. The summed E-state index contributed by atoms with van der Waals surface area (Å²) in [6.45, 7) is 0. The van der Waals surface area contributed by atoms with Gasteiger partial charge in [-0.05, 0) is 26.9 Å². The zero-order valence-electron chi connectivity index (χ0n) is 7.79. The van der Waals surface area contributed by atoms with Crippen molar-refractivity contribution in [3.05, 3.63) is 0 Å². The van der Waals surface area contributed by atoms with E-state index in [4.69, 9.17) is 5.11 Å². The third-order valence-electron chi connectivity index (χ3n) is 2.71. The maximum Gasteiger partial charge on any atom is 0.308 e. The molecule has 0 amide bonds. The van der Waals surface area contributed by atoms with Gasteiger partial charge >= 0.3 is 5.97 Å². The molecule has 2 atom stereocenters. The predicted octanol–water partition coefficient (Wildman–Crippen LogP) is 1.19. The minimum absolute atomic E-state index is 0.145. The van der Waals surface area contributed by atoms with E-state index in [9.17, 15) is 4.79 Å². The molecule has 0 bridgehead atoms. The van der Waals surface area contributed by atoms with Crippen LogP contribution < -0.4 is 0 Å². The lowest BCUT2D eigenvalue weighted by atomic mass is 9.84. The molecule has 0 aromatic heterocycles. The maximum absolute atomic E-state index is 10.8. The first-order valence-electron chi connectivity index (χ1n) is 4.52. The normalized spacial score (nSPS) is 30.6. The van der Waals surface area contributed by atoms with Crippen molar-refractivity contribution in [2.75, 3.05) is 14.1 Å². The summed E-state index contributed by atoms with van der Waals surface area (Å²) in [5.74, 6) is -0.776. The molecule has 0 heterocycles. The van der Waals surface area contributed by atoms with E-state index in [1.54, 1.807) is 0 Å². The molecule has 70 valence electrons. The van der Waals surface area contributed by atoms with E-state index in [-0.39, 0.29) is 12.0 Å². The molecule has 1 aliphatic carbocycles. The first-order chi connectivity index (χ1) is 5.63. The average molecular weight is 171 g/mol.